The van der Waals surface area contributed by atoms with Crippen molar-refractivity contribution >= 4 is 22.6 Å². The molecular weight excluding hydrogens is 298 g/mol. The highest BCUT2D eigenvalue weighted by atomic mass is 16.3. The van der Waals surface area contributed by atoms with Crippen molar-refractivity contribution in [2.75, 3.05) is 5.32 Å². The van der Waals surface area contributed by atoms with E-state index < -0.39 is 0 Å². The Morgan fingerprint density at radius 2 is 2.00 bits per heavy atom. The Morgan fingerprint density at radius 1 is 1.17 bits per heavy atom. The molecule has 0 spiro atoms. The summed E-state index contributed by atoms with van der Waals surface area (Å²) in [5, 5.41) is 4.31. The molecule has 4 nitrogen and oxygen atoms in total. The minimum absolute atomic E-state index is 0.410. The zero-order chi connectivity index (χ0) is 16.5. The van der Waals surface area contributed by atoms with E-state index in [1.165, 1.54) is 24.0 Å². The number of benzene rings is 2. The van der Waals surface area contributed by atoms with Gasteiger partial charge in [0.05, 0.1) is 0 Å². The molecule has 1 aromatic heterocycles. The van der Waals surface area contributed by atoms with Crippen molar-refractivity contribution in [1.29, 1.82) is 0 Å². The number of para-hydroxylation sites is 1. The third kappa shape index (κ3) is 2.75. The molecule has 2 aromatic carbocycles. The monoisotopic (exact) mass is 319 g/mol. The summed E-state index contributed by atoms with van der Waals surface area (Å²) >= 11 is 0. The number of hydrogen-bond acceptors (Lipinski definition) is 2. The Kier molecular flexibility index (Phi) is 3.73. The molecule has 0 atom stereocenters. The summed E-state index contributed by atoms with van der Waals surface area (Å²) < 4.78 is 5.87. The Bertz CT molecular complexity index is 924. The van der Waals surface area contributed by atoms with Gasteiger partial charge in [-0.2, -0.15) is 0 Å². The topological polar surface area (TPSA) is 63.5 Å². The minimum Gasteiger partial charge on any atom is -0.459 e. The zero-order valence-electron chi connectivity index (χ0n) is 13.8. The quantitative estimate of drug-likeness (QED) is 0.563. The molecule has 3 N–H and O–H groups in total. The molecule has 0 aliphatic heterocycles. The lowest BCUT2D eigenvalue weighted by molar-refractivity contribution is 0.549. The first-order valence-electron chi connectivity index (χ1n) is 8.36. The van der Waals surface area contributed by atoms with E-state index in [0.717, 1.165) is 34.4 Å². The summed E-state index contributed by atoms with van der Waals surface area (Å²) in [7, 11) is 0. The van der Waals surface area contributed by atoms with Crippen LogP contribution in [-0.2, 0) is 19.4 Å². The number of nitrogens with one attached hydrogen (secondary N) is 1. The second-order valence-corrected chi connectivity index (χ2v) is 6.31. The molecule has 0 saturated heterocycles. The van der Waals surface area contributed by atoms with E-state index in [0.29, 0.717) is 12.5 Å². The van der Waals surface area contributed by atoms with Crippen LogP contribution in [0.4, 0.5) is 5.69 Å². The molecule has 0 amide bonds. The van der Waals surface area contributed by atoms with E-state index in [4.69, 9.17) is 10.2 Å². The molecule has 122 valence electrons. The lowest BCUT2D eigenvalue weighted by Crippen LogP contribution is -2.22. The van der Waals surface area contributed by atoms with Crippen LogP contribution in [-0.4, -0.2) is 5.96 Å². The Labute approximate surface area is 141 Å². The maximum absolute atomic E-state index is 6.04. The highest BCUT2D eigenvalue weighted by Gasteiger charge is 2.11. The Morgan fingerprint density at radius 3 is 2.88 bits per heavy atom. The predicted molar refractivity (Wildman–Crippen MR) is 98.4 cm³/mol. The highest BCUT2D eigenvalue weighted by molar-refractivity contribution is 5.92. The number of aryl methyl sites for hydroxylation is 3. The minimum atomic E-state index is 0.410. The van der Waals surface area contributed by atoms with Crippen LogP contribution in [0.3, 0.4) is 0 Å². The molecular formula is C20H21N3O. The summed E-state index contributed by atoms with van der Waals surface area (Å²) in [6.45, 7) is 2.49. The first-order valence-corrected chi connectivity index (χ1v) is 8.36. The first kappa shape index (κ1) is 14.8. The van der Waals surface area contributed by atoms with Crippen molar-refractivity contribution in [3.8, 4) is 0 Å². The van der Waals surface area contributed by atoms with Crippen molar-refractivity contribution in [3.63, 3.8) is 0 Å². The summed E-state index contributed by atoms with van der Waals surface area (Å²) in [5.41, 5.74) is 11.9. The summed E-state index contributed by atoms with van der Waals surface area (Å²) in [6.07, 6.45) is 3.58. The van der Waals surface area contributed by atoms with Crippen LogP contribution >= 0.6 is 0 Å². The lowest BCUT2D eigenvalue weighted by atomic mass is 10.1. The molecule has 1 heterocycles. The molecule has 3 aromatic rings. The van der Waals surface area contributed by atoms with Crippen LogP contribution in [0.1, 0.15) is 28.9 Å². The molecule has 0 unspecified atom stereocenters. The number of nitrogens with two attached hydrogens (primary N) is 1. The summed E-state index contributed by atoms with van der Waals surface area (Å²) in [6, 6.07) is 14.5. The number of hydrogen-bond donors (Lipinski definition) is 2. The van der Waals surface area contributed by atoms with Gasteiger partial charge >= 0.3 is 0 Å². The van der Waals surface area contributed by atoms with Gasteiger partial charge in [0.2, 0.25) is 0 Å². The zero-order valence-corrected chi connectivity index (χ0v) is 13.8. The van der Waals surface area contributed by atoms with Crippen LogP contribution in [0.25, 0.3) is 11.0 Å². The normalized spacial score (nSPS) is 14.1. The molecule has 24 heavy (non-hydrogen) atoms. The van der Waals surface area contributed by atoms with Crippen molar-refractivity contribution in [1.82, 2.24) is 0 Å². The molecule has 4 heteroatoms. The highest BCUT2D eigenvalue weighted by Crippen LogP contribution is 2.26. The van der Waals surface area contributed by atoms with Gasteiger partial charge in [-0.15, -0.1) is 0 Å². The predicted octanol–water partition coefficient (Wildman–Crippen LogP) is 4.16. The van der Waals surface area contributed by atoms with Crippen LogP contribution in [0.5, 0.6) is 0 Å². The molecule has 1 aliphatic rings. The fraction of sp³-hybridized carbons (Fsp3) is 0.250. The fourth-order valence-electron chi connectivity index (χ4n) is 3.37. The molecule has 1 aliphatic carbocycles. The summed E-state index contributed by atoms with van der Waals surface area (Å²) in [4.78, 5) is 4.43. The van der Waals surface area contributed by atoms with E-state index >= 15 is 0 Å². The standard InChI is InChI=1S/C20H21N3O/c1-13-17-7-2-3-8-18(17)24-19(13)12-22-20(21)23-16-10-9-14-5-4-6-15(14)11-16/h2-3,7-11H,4-6,12H2,1H3,(H3,21,22,23). The number of fused-ring (bicyclic) bond motifs is 2. The average molecular weight is 319 g/mol. The Hall–Kier alpha value is -2.75. The number of aliphatic imine (C=N–C) groups is 1. The van der Waals surface area contributed by atoms with Crippen molar-refractivity contribution in [2.45, 2.75) is 32.7 Å². The smallest absolute Gasteiger partial charge is 0.193 e. The van der Waals surface area contributed by atoms with Gasteiger partial charge in [-0.05, 0) is 55.5 Å². The van der Waals surface area contributed by atoms with Crippen LogP contribution in [0, 0.1) is 6.92 Å². The molecule has 0 saturated carbocycles. The van der Waals surface area contributed by atoms with Crippen molar-refractivity contribution in [3.05, 3.63) is 64.9 Å². The van der Waals surface area contributed by atoms with Crippen LogP contribution in [0.2, 0.25) is 0 Å². The van der Waals surface area contributed by atoms with E-state index in [-0.39, 0.29) is 0 Å². The first-order chi connectivity index (χ1) is 11.7. The maximum atomic E-state index is 6.04. The van der Waals surface area contributed by atoms with Gasteiger partial charge in [0.15, 0.2) is 5.96 Å². The number of furan rings is 1. The van der Waals surface area contributed by atoms with Gasteiger partial charge in [-0.3, -0.25) is 0 Å². The number of rotatable bonds is 3. The van der Waals surface area contributed by atoms with Crippen LogP contribution < -0.4 is 11.1 Å². The third-order valence-electron chi connectivity index (χ3n) is 4.71. The van der Waals surface area contributed by atoms with E-state index in [9.17, 15) is 0 Å². The van der Waals surface area contributed by atoms with E-state index in [2.05, 4.69) is 41.5 Å². The molecule has 0 fully saturated rings. The average Bonchev–Trinajstić information content (AvgIpc) is 3.17. The van der Waals surface area contributed by atoms with Gasteiger partial charge in [0.25, 0.3) is 0 Å². The lowest BCUT2D eigenvalue weighted by Gasteiger charge is -2.07. The third-order valence-corrected chi connectivity index (χ3v) is 4.71. The van der Waals surface area contributed by atoms with Gasteiger partial charge < -0.3 is 15.5 Å². The van der Waals surface area contributed by atoms with Gasteiger partial charge in [-0.1, -0.05) is 24.3 Å². The number of anilines is 1. The van der Waals surface area contributed by atoms with Gasteiger partial charge in [0.1, 0.15) is 17.9 Å². The summed E-state index contributed by atoms with van der Waals surface area (Å²) in [5.74, 6) is 1.27. The Balaban J connectivity index is 1.49. The van der Waals surface area contributed by atoms with Crippen molar-refractivity contribution < 1.29 is 4.42 Å². The molecule has 0 radical (unpaired) electrons. The van der Waals surface area contributed by atoms with E-state index in [1.54, 1.807) is 0 Å². The maximum Gasteiger partial charge on any atom is 0.193 e. The van der Waals surface area contributed by atoms with Crippen molar-refractivity contribution in [2.24, 2.45) is 10.7 Å². The molecule has 0 bridgehead atoms. The van der Waals surface area contributed by atoms with Gasteiger partial charge in [0, 0.05) is 16.6 Å². The number of nitrogens with zero attached hydrogens (tertiary/aromatic N) is 1. The SMILES string of the molecule is Cc1c(CN=C(N)Nc2ccc3c(c2)CCC3)oc2ccccc12. The van der Waals surface area contributed by atoms with Crippen LogP contribution in [0.15, 0.2) is 51.9 Å². The number of guanidine groups is 1. The second-order valence-electron chi connectivity index (χ2n) is 6.31. The second kappa shape index (κ2) is 6.04. The van der Waals surface area contributed by atoms with E-state index in [1.807, 2.05) is 18.2 Å². The molecule has 4 rings (SSSR count). The van der Waals surface area contributed by atoms with Gasteiger partial charge in [-0.25, -0.2) is 4.99 Å². The fourth-order valence-corrected chi connectivity index (χ4v) is 3.37. The largest absolute Gasteiger partial charge is 0.459 e.